The topological polar surface area (TPSA) is 67.9 Å². The molecule has 0 aromatic heterocycles. The van der Waals surface area contributed by atoms with Gasteiger partial charge >= 0.3 is 6.18 Å². The van der Waals surface area contributed by atoms with Gasteiger partial charge in [0.05, 0.1) is 11.5 Å². The van der Waals surface area contributed by atoms with Crippen LogP contribution in [0.15, 0.2) is 66.7 Å². The molecule has 2 amide bonds. The molecular formula is C28H25F3N2O4. The summed E-state index contributed by atoms with van der Waals surface area (Å²) in [6, 6.07) is 17.4. The Labute approximate surface area is 212 Å². The molecule has 9 heteroatoms. The van der Waals surface area contributed by atoms with E-state index in [0.717, 1.165) is 23.3 Å². The van der Waals surface area contributed by atoms with Crippen LogP contribution in [0.4, 0.5) is 13.2 Å². The van der Waals surface area contributed by atoms with Crippen molar-refractivity contribution in [2.75, 3.05) is 19.9 Å². The number of amides is 2. The maximum Gasteiger partial charge on any atom is 0.416 e. The van der Waals surface area contributed by atoms with E-state index >= 15 is 0 Å². The first-order valence-corrected chi connectivity index (χ1v) is 11.9. The van der Waals surface area contributed by atoms with Gasteiger partial charge in [0.25, 0.3) is 5.91 Å². The number of nitrogens with zero attached hydrogens (tertiary/aromatic N) is 1. The van der Waals surface area contributed by atoms with E-state index < -0.39 is 23.6 Å². The van der Waals surface area contributed by atoms with Crippen molar-refractivity contribution in [1.82, 2.24) is 10.2 Å². The van der Waals surface area contributed by atoms with Gasteiger partial charge in [0.2, 0.25) is 12.7 Å². The molecule has 1 saturated heterocycles. The molecule has 1 fully saturated rings. The molecule has 0 saturated carbocycles. The van der Waals surface area contributed by atoms with E-state index in [0.29, 0.717) is 22.6 Å². The zero-order valence-electron chi connectivity index (χ0n) is 20.0. The van der Waals surface area contributed by atoms with Crippen molar-refractivity contribution in [2.24, 2.45) is 5.92 Å². The SMILES string of the molecule is Cc1ccc(C(=O)N2C[C@H](C(=O)NCc3ccc4c(c3)OCO4)[C@@H](c3cccc(C(F)(F)F)c3)C2)cc1. The fourth-order valence-electron chi connectivity index (χ4n) is 4.77. The Kier molecular flexibility index (Phi) is 6.54. The van der Waals surface area contributed by atoms with Crippen LogP contribution >= 0.6 is 0 Å². The van der Waals surface area contributed by atoms with E-state index in [1.165, 1.54) is 6.07 Å². The molecular weight excluding hydrogens is 485 g/mol. The Bertz CT molecular complexity index is 1320. The van der Waals surface area contributed by atoms with Crippen LogP contribution in [0.3, 0.4) is 0 Å². The molecule has 2 aliphatic heterocycles. The number of fused-ring (bicyclic) bond motifs is 1. The normalized spacial score (nSPS) is 18.6. The van der Waals surface area contributed by atoms with Crippen molar-refractivity contribution in [3.8, 4) is 11.5 Å². The molecule has 0 spiro atoms. The number of ether oxygens (including phenoxy) is 2. The number of nitrogens with one attached hydrogen (secondary N) is 1. The molecule has 2 heterocycles. The van der Waals surface area contributed by atoms with Crippen LogP contribution in [0.25, 0.3) is 0 Å². The highest BCUT2D eigenvalue weighted by molar-refractivity contribution is 5.95. The fourth-order valence-corrected chi connectivity index (χ4v) is 4.77. The van der Waals surface area contributed by atoms with Gasteiger partial charge < -0.3 is 19.7 Å². The molecule has 3 aromatic carbocycles. The molecule has 0 aliphatic carbocycles. The van der Waals surface area contributed by atoms with Crippen LogP contribution in [0, 0.1) is 12.8 Å². The van der Waals surface area contributed by atoms with E-state index in [-0.39, 0.29) is 38.2 Å². The van der Waals surface area contributed by atoms with E-state index in [2.05, 4.69) is 5.32 Å². The number of aryl methyl sites for hydroxylation is 1. The minimum Gasteiger partial charge on any atom is -0.454 e. The van der Waals surface area contributed by atoms with E-state index in [1.807, 2.05) is 19.1 Å². The number of rotatable bonds is 5. The number of benzene rings is 3. The fraction of sp³-hybridized carbons (Fsp3) is 0.286. The molecule has 5 rings (SSSR count). The minimum atomic E-state index is -4.51. The van der Waals surface area contributed by atoms with Crippen molar-refractivity contribution in [1.29, 1.82) is 0 Å². The van der Waals surface area contributed by atoms with E-state index in [4.69, 9.17) is 9.47 Å². The number of likely N-dealkylation sites (tertiary alicyclic amines) is 1. The highest BCUT2D eigenvalue weighted by Gasteiger charge is 2.41. The van der Waals surface area contributed by atoms with Crippen LogP contribution in [-0.2, 0) is 17.5 Å². The van der Waals surface area contributed by atoms with Crippen LogP contribution < -0.4 is 14.8 Å². The first kappa shape index (κ1) is 24.7. The lowest BCUT2D eigenvalue weighted by Gasteiger charge is -2.19. The van der Waals surface area contributed by atoms with Crippen LogP contribution in [-0.4, -0.2) is 36.6 Å². The molecule has 192 valence electrons. The first-order chi connectivity index (χ1) is 17.7. The van der Waals surface area contributed by atoms with Crippen molar-refractivity contribution in [3.05, 3.63) is 94.5 Å². The van der Waals surface area contributed by atoms with Gasteiger partial charge in [0.1, 0.15) is 0 Å². The molecule has 0 radical (unpaired) electrons. The maximum atomic E-state index is 13.4. The van der Waals surface area contributed by atoms with Gasteiger partial charge in [-0.05, 0) is 48.4 Å². The van der Waals surface area contributed by atoms with Gasteiger partial charge in [-0.25, -0.2) is 0 Å². The van der Waals surface area contributed by atoms with Crippen LogP contribution in [0.1, 0.15) is 38.5 Å². The zero-order valence-corrected chi connectivity index (χ0v) is 20.0. The third-order valence-electron chi connectivity index (χ3n) is 6.79. The number of hydrogen-bond acceptors (Lipinski definition) is 4. The Morgan fingerprint density at radius 2 is 1.73 bits per heavy atom. The van der Waals surface area contributed by atoms with Gasteiger partial charge in [0, 0.05) is 31.1 Å². The van der Waals surface area contributed by atoms with Crippen molar-refractivity contribution in [2.45, 2.75) is 25.6 Å². The second kappa shape index (κ2) is 9.80. The van der Waals surface area contributed by atoms with Crippen molar-refractivity contribution >= 4 is 11.8 Å². The number of carbonyl (C=O) groups excluding carboxylic acids is 2. The van der Waals surface area contributed by atoms with E-state index in [1.54, 1.807) is 41.3 Å². The molecule has 0 unspecified atom stereocenters. The predicted molar refractivity (Wildman–Crippen MR) is 129 cm³/mol. The molecule has 2 aliphatic rings. The summed E-state index contributed by atoms with van der Waals surface area (Å²) in [5, 5.41) is 2.89. The molecule has 2 atom stereocenters. The molecule has 1 N–H and O–H groups in total. The van der Waals surface area contributed by atoms with Crippen LogP contribution in [0.2, 0.25) is 0 Å². The average molecular weight is 511 g/mol. The summed E-state index contributed by atoms with van der Waals surface area (Å²) < 4.78 is 50.9. The summed E-state index contributed by atoms with van der Waals surface area (Å²) in [6.07, 6.45) is -4.51. The van der Waals surface area contributed by atoms with Gasteiger partial charge in [-0.1, -0.05) is 42.0 Å². The predicted octanol–water partition coefficient (Wildman–Crippen LogP) is 4.91. The summed E-state index contributed by atoms with van der Waals surface area (Å²) in [5.41, 5.74) is 1.85. The second-order valence-electron chi connectivity index (χ2n) is 9.32. The summed E-state index contributed by atoms with van der Waals surface area (Å²) in [7, 11) is 0. The standard InChI is InChI=1S/C28H25F3N2O4/c1-17-5-8-19(9-6-17)27(35)33-14-22(20-3-2-4-21(12-20)28(29,30)31)23(15-33)26(34)32-13-18-7-10-24-25(11-18)37-16-36-24/h2-12,22-23H,13-16H2,1H3,(H,32,34)/t22-,23+/m1/s1. The molecule has 37 heavy (non-hydrogen) atoms. The Balaban J connectivity index is 1.38. The Hall–Kier alpha value is -4.01. The van der Waals surface area contributed by atoms with Gasteiger partial charge in [0.15, 0.2) is 11.5 Å². The van der Waals surface area contributed by atoms with Gasteiger partial charge in [-0.3, -0.25) is 9.59 Å². The van der Waals surface area contributed by atoms with Gasteiger partial charge in [-0.2, -0.15) is 13.2 Å². The lowest BCUT2D eigenvalue weighted by Crippen LogP contribution is -2.35. The smallest absolute Gasteiger partial charge is 0.416 e. The second-order valence-corrected chi connectivity index (χ2v) is 9.32. The highest BCUT2D eigenvalue weighted by Crippen LogP contribution is 2.37. The Morgan fingerprint density at radius 3 is 2.49 bits per heavy atom. The number of carbonyl (C=O) groups is 2. The summed E-state index contributed by atoms with van der Waals surface area (Å²) in [6.45, 7) is 2.48. The largest absolute Gasteiger partial charge is 0.454 e. The lowest BCUT2D eigenvalue weighted by molar-refractivity contribution is -0.137. The zero-order chi connectivity index (χ0) is 26.2. The summed E-state index contributed by atoms with van der Waals surface area (Å²) >= 11 is 0. The summed E-state index contributed by atoms with van der Waals surface area (Å²) in [5.74, 6) is -0.687. The van der Waals surface area contributed by atoms with Gasteiger partial charge in [-0.15, -0.1) is 0 Å². The number of hydrogen-bond donors (Lipinski definition) is 1. The van der Waals surface area contributed by atoms with Crippen molar-refractivity contribution in [3.63, 3.8) is 0 Å². The quantitative estimate of drug-likeness (QED) is 0.530. The first-order valence-electron chi connectivity index (χ1n) is 11.9. The molecule has 0 bridgehead atoms. The average Bonchev–Trinajstić information content (AvgIpc) is 3.54. The lowest BCUT2D eigenvalue weighted by atomic mass is 9.87. The number of halogens is 3. The Morgan fingerprint density at radius 1 is 0.973 bits per heavy atom. The summed E-state index contributed by atoms with van der Waals surface area (Å²) in [4.78, 5) is 28.1. The highest BCUT2D eigenvalue weighted by atomic mass is 19.4. The van der Waals surface area contributed by atoms with E-state index in [9.17, 15) is 22.8 Å². The third kappa shape index (κ3) is 5.26. The minimum absolute atomic E-state index is 0.0978. The third-order valence-corrected chi connectivity index (χ3v) is 6.79. The maximum absolute atomic E-state index is 13.4. The molecule has 6 nitrogen and oxygen atoms in total. The number of alkyl halides is 3. The molecule has 3 aromatic rings. The monoisotopic (exact) mass is 510 g/mol. The van der Waals surface area contributed by atoms with Crippen LogP contribution in [0.5, 0.6) is 11.5 Å². The van der Waals surface area contributed by atoms with Crippen molar-refractivity contribution < 1.29 is 32.2 Å².